The van der Waals surface area contributed by atoms with Crippen molar-refractivity contribution in [3.63, 3.8) is 0 Å². The van der Waals surface area contributed by atoms with Crippen LogP contribution >= 0.6 is 0 Å². The van der Waals surface area contributed by atoms with E-state index in [-0.39, 0.29) is 16.3 Å². The summed E-state index contributed by atoms with van der Waals surface area (Å²) in [4.78, 5) is 11.1. The lowest BCUT2D eigenvalue weighted by atomic mass is 10.2. The molecule has 2 aromatic carbocycles. The third-order valence-electron chi connectivity index (χ3n) is 3.81. The van der Waals surface area contributed by atoms with E-state index in [1.807, 2.05) is 31.2 Å². The predicted molar refractivity (Wildman–Crippen MR) is 99.4 cm³/mol. The Hall–Kier alpha value is -3.26. The van der Waals surface area contributed by atoms with Crippen molar-refractivity contribution in [2.75, 3.05) is 0 Å². The zero-order chi connectivity index (χ0) is 19.6. The number of hydrogen-bond donors (Lipinski definition) is 1. The summed E-state index contributed by atoms with van der Waals surface area (Å²) in [7, 11) is -2.57. The van der Waals surface area contributed by atoms with E-state index in [1.165, 1.54) is 36.0 Å². The molecule has 0 unspecified atom stereocenters. The summed E-state index contributed by atoms with van der Waals surface area (Å²) in [6, 6.07) is 14.9. The Bertz CT molecular complexity index is 1070. The van der Waals surface area contributed by atoms with Gasteiger partial charge in [0, 0.05) is 13.2 Å². The number of hydrogen-bond acceptors (Lipinski definition) is 5. The standard InChI is InChI=1S/C19H18N2O5S/c1-13-3-5-14(6-4-13)25-15-7-9-16(10-8-15)26-27(23,24)17-11-18(19(20)22)21(2)12-17/h3-12H,1-2H3,(H2,20,22). The number of aryl methyl sites for hydroxylation is 2. The molecule has 8 heteroatoms. The zero-order valence-electron chi connectivity index (χ0n) is 14.7. The van der Waals surface area contributed by atoms with Gasteiger partial charge in [0.25, 0.3) is 5.91 Å². The van der Waals surface area contributed by atoms with Gasteiger partial charge in [-0.05, 0) is 49.4 Å². The summed E-state index contributed by atoms with van der Waals surface area (Å²) in [6.45, 7) is 1.98. The molecule has 2 N–H and O–H groups in total. The molecular formula is C19H18N2O5S. The number of nitrogens with two attached hydrogens (primary N) is 1. The minimum atomic E-state index is -4.09. The lowest BCUT2D eigenvalue weighted by molar-refractivity contribution is 0.0992. The number of carbonyl (C=O) groups excluding carboxylic acids is 1. The highest BCUT2D eigenvalue weighted by Crippen LogP contribution is 2.26. The number of nitrogens with zero attached hydrogens (tertiary/aromatic N) is 1. The lowest BCUT2D eigenvalue weighted by Gasteiger charge is -2.08. The number of aromatic nitrogens is 1. The van der Waals surface area contributed by atoms with Crippen LogP contribution in [0.4, 0.5) is 0 Å². The Morgan fingerprint density at radius 2 is 1.48 bits per heavy atom. The maximum atomic E-state index is 12.4. The van der Waals surface area contributed by atoms with Crippen LogP contribution in [-0.4, -0.2) is 18.9 Å². The Kier molecular flexibility index (Phi) is 4.91. The van der Waals surface area contributed by atoms with Crippen LogP contribution in [0.15, 0.2) is 65.7 Å². The topological polar surface area (TPSA) is 101 Å². The molecule has 0 fully saturated rings. The van der Waals surface area contributed by atoms with Gasteiger partial charge >= 0.3 is 10.1 Å². The van der Waals surface area contributed by atoms with E-state index in [4.69, 9.17) is 14.7 Å². The monoisotopic (exact) mass is 386 g/mol. The van der Waals surface area contributed by atoms with E-state index < -0.39 is 16.0 Å². The molecule has 0 spiro atoms. The minimum Gasteiger partial charge on any atom is -0.457 e. The van der Waals surface area contributed by atoms with E-state index in [9.17, 15) is 13.2 Å². The van der Waals surface area contributed by atoms with Gasteiger partial charge in [0.1, 0.15) is 27.8 Å². The molecule has 0 aliphatic heterocycles. The van der Waals surface area contributed by atoms with E-state index in [0.717, 1.165) is 5.56 Å². The fourth-order valence-electron chi connectivity index (χ4n) is 2.40. The van der Waals surface area contributed by atoms with Crippen LogP contribution in [0.3, 0.4) is 0 Å². The van der Waals surface area contributed by atoms with Gasteiger partial charge in [0.05, 0.1) is 0 Å². The number of primary amides is 1. The van der Waals surface area contributed by atoms with Crippen molar-refractivity contribution in [2.24, 2.45) is 12.8 Å². The largest absolute Gasteiger partial charge is 0.457 e. The van der Waals surface area contributed by atoms with Crippen LogP contribution in [0.2, 0.25) is 0 Å². The normalized spacial score (nSPS) is 11.2. The third-order valence-corrected chi connectivity index (χ3v) is 5.02. The van der Waals surface area contributed by atoms with Gasteiger partial charge in [-0.25, -0.2) is 0 Å². The molecular weight excluding hydrogens is 368 g/mol. The summed E-state index contributed by atoms with van der Waals surface area (Å²) < 4.78 is 36.9. The lowest BCUT2D eigenvalue weighted by Crippen LogP contribution is -2.14. The van der Waals surface area contributed by atoms with Crippen molar-refractivity contribution in [3.05, 3.63) is 72.1 Å². The molecule has 0 aliphatic carbocycles. The molecule has 1 heterocycles. The number of benzene rings is 2. The molecule has 27 heavy (non-hydrogen) atoms. The first-order valence-corrected chi connectivity index (χ1v) is 9.41. The highest BCUT2D eigenvalue weighted by Gasteiger charge is 2.21. The molecule has 0 aliphatic rings. The maximum absolute atomic E-state index is 12.4. The van der Waals surface area contributed by atoms with Crippen molar-refractivity contribution in [2.45, 2.75) is 11.8 Å². The van der Waals surface area contributed by atoms with Crippen LogP contribution < -0.4 is 14.7 Å². The number of carbonyl (C=O) groups is 1. The van der Waals surface area contributed by atoms with Crippen LogP contribution in [0.25, 0.3) is 0 Å². The molecule has 0 saturated carbocycles. The predicted octanol–water partition coefficient (Wildman–Crippen LogP) is 2.99. The van der Waals surface area contributed by atoms with Gasteiger partial charge < -0.3 is 19.2 Å². The van der Waals surface area contributed by atoms with Crippen LogP contribution in [-0.2, 0) is 17.2 Å². The van der Waals surface area contributed by atoms with Gasteiger partial charge in [0.2, 0.25) is 0 Å². The second kappa shape index (κ2) is 7.16. The molecule has 7 nitrogen and oxygen atoms in total. The van der Waals surface area contributed by atoms with Gasteiger partial charge in [-0.1, -0.05) is 17.7 Å². The third kappa shape index (κ3) is 4.29. The van der Waals surface area contributed by atoms with Gasteiger partial charge in [-0.15, -0.1) is 0 Å². The molecule has 1 amide bonds. The van der Waals surface area contributed by atoms with E-state index in [1.54, 1.807) is 12.1 Å². The minimum absolute atomic E-state index is 0.0685. The smallest absolute Gasteiger partial charge is 0.340 e. The van der Waals surface area contributed by atoms with Crippen molar-refractivity contribution in [3.8, 4) is 17.2 Å². The van der Waals surface area contributed by atoms with Gasteiger partial charge in [-0.3, -0.25) is 4.79 Å². The van der Waals surface area contributed by atoms with E-state index in [2.05, 4.69) is 0 Å². The summed E-state index contributed by atoms with van der Waals surface area (Å²) in [5, 5.41) is 0. The Morgan fingerprint density at radius 1 is 0.963 bits per heavy atom. The first kappa shape index (κ1) is 18.5. The average Bonchev–Trinajstić information content (AvgIpc) is 3.01. The highest BCUT2D eigenvalue weighted by molar-refractivity contribution is 7.87. The van der Waals surface area contributed by atoms with Crippen molar-refractivity contribution < 1.29 is 22.1 Å². The number of amides is 1. The Balaban J connectivity index is 1.74. The first-order valence-electron chi connectivity index (χ1n) is 8.00. The fourth-order valence-corrected chi connectivity index (χ4v) is 3.40. The van der Waals surface area contributed by atoms with Gasteiger partial charge in [-0.2, -0.15) is 8.42 Å². The summed E-state index contributed by atoms with van der Waals surface area (Å²) >= 11 is 0. The van der Waals surface area contributed by atoms with E-state index in [0.29, 0.717) is 11.5 Å². The summed E-state index contributed by atoms with van der Waals surface area (Å²) in [5.41, 5.74) is 6.39. The SMILES string of the molecule is Cc1ccc(Oc2ccc(OS(=O)(=O)c3cc(C(N)=O)n(C)c3)cc2)cc1. The highest BCUT2D eigenvalue weighted by atomic mass is 32.2. The fraction of sp³-hybridized carbons (Fsp3) is 0.105. The summed E-state index contributed by atoms with van der Waals surface area (Å²) in [6.07, 6.45) is 1.27. The summed E-state index contributed by atoms with van der Waals surface area (Å²) in [5.74, 6) is 0.608. The molecule has 0 atom stereocenters. The number of rotatable bonds is 6. The number of ether oxygens (including phenoxy) is 1. The second-order valence-corrected chi connectivity index (χ2v) is 7.51. The zero-order valence-corrected chi connectivity index (χ0v) is 15.6. The van der Waals surface area contributed by atoms with E-state index >= 15 is 0 Å². The molecule has 1 aromatic heterocycles. The van der Waals surface area contributed by atoms with Crippen molar-refractivity contribution in [1.82, 2.24) is 4.57 Å². The Morgan fingerprint density at radius 3 is 2.00 bits per heavy atom. The Labute approximate surface area is 157 Å². The molecule has 0 saturated heterocycles. The molecule has 0 bridgehead atoms. The van der Waals surface area contributed by atoms with Crippen LogP contribution in [0, 0.1) is 6.92 Å². The van der Waals surface area contributed by atoms with Crippen molar-refractivity contribution in [1.29, 1.82) is 0 Å². The van der Waals surface area contributed by atoms with Crippen LogP contribution in [0.5, 0.6) is 17.2 Å². The van der Waals surface area contributed by atoms with Crippen LogP contribution in [0.1, 0.15) is 16.1 Å². The molecule has 3 rings (SSSR count). The average molecular weight is 386 g/mol. The molecule has 3 aromatic rings. The molecule has 0 radical (unpaired) electrons. The quantitative estimate of drug-likeness (QED) is 0.657. The molecule has 140 valence electrons. The van der Waals surface area contributed by atoms with Gasteiger partial charge in [0.15, 0.2) is 0 Å². The maximum Gasteiger partial charge on any atom is 0.340 e. The second-order valence-electron chi connectivity index (χ2n) is 5.96. The first-order chi connectivity index (χ1) is 12.7. The van der Waals surface area contributed by atoms with Crippen molar-refractivity contribution >= 4 is 16.0 Å².